The number of carbonyl (C=O) groups is 3. The minimum atomic E-state index is -0.835. The van der Waals surface area contributed by atoms with Crippen LogP contribution in [-0.2, 0) is 23.1 Å². The number of hydrogen-bond acceptors (Lipinski definition) is 5. The van der Waals surface area contributed by atoms with Gasteiger partial charge in [-0.05, 0) is 34.6 Å². The van der Waals surface area contributed by atoms with E-state index in [1.54, 1.807) is 7.05 Å². The minimum Gasteiger partial charge on any atom is -0.481 e. The molecule has 0 spiro atoms. The first-order valence-corrected chi connectivity index (χ1v) is 11.5. The maximum Gasteiger partial charge on any atom is 0.407 e. The third-order valence-corrected chi connectivity index (χ3v) is 6.76. The van der Waals surface area contributed by atoms with E-state index >= 15 is 0 Å². The number of hydrogen-bond donors (Lipinski definition) is 3. The van der Waals surface area contributed by atoms with E-state index in [0.29, 0.717) is 24.2 Å². The SMILES string of the molecule is Cn1ncc(CNC(=O)OCC2c3ccccc3-c3ccccc32)c1C(=O)NCC1CC1C(=O)O. The van der Waals surface area contributed by atoms with E-state index in [2.05, 4.69) is 40.0 Å². The number of amides is 2. The lowest BCUT2D eigenvalue weighted by atomic mass is 9.98. The first-order chi connectivity index (χ1) is 16.9. The van der Waals surface area contributed by atoms with Crippen LogP contribution in [0, 0.1) is 11.8 Å². The fourth-order valence-corrected chi connectivity index (χ4v) is 4.81. The summed E-state index contributed by atoms with van der Waals surface area (Å²) in [4.78, 5) is 36.1. The molecule has 180 valence electrons. The van der Waals surface area contributed by atoms with Crippen molar-refractivity contribution in [3.05, 3.63) is 77.1 Å². The molecule has 2 amide bonds. The van der Waals surface area contributed by atoms with Gasteiger partial charge in [-0.1, -0.05) is 48.5 Å². The molecule has 2 aromatic carbocycles. The zero-order valence-electron chi connectivity index (χ0n) is 19.2. The lowest BCUT2D eigenvalue weighted by Crippen LogP contribution is -2.31. The van der Waals surface area contributed by atoms with Gasteiger partial charge < -0.3 is 20.5 Å². The highest BCUT2D eigenvalue weighted by atomic mass is 16.5. The molecule has 9 heteroatoms. The average molecular weight is 475 g/mol. The molecule has 2 atom stereocenters. The predicted octanol–water partition coefficient (Wildman–Crippen LogP) is 2.91. The summed E-state index contributed by atoms with van der Waals surface area (Å²) >= 11 is 0. The molecule has 0 bridgehead atoms. The number of rotatable bonds is 8. The Morgan fingerprint density at radius 3 is 2.34 bits per heavy atom. The van der Waals surface area contributed by atoms with Gasteiger partial charge in [0.15, 0.2) is 0 Å². The highest BCUT2D eigenvalue weighted by molar-refractivity contribution is 5.94. The number of alkyl carbamates (subject to hydrolysis) is 1. The van der Waals surface area contributed by atoms with Crippen molar-refractivity contribution in [3.8, 4) is 11.1 Å². The van der Waals surface area contributed by atoms with Crippen molar-refractivity contribution < 1.29 is 24.2 Å². The third-order valence-electron chi connectivity index (χ3n) is 6.76. The van der Waals surface area contributed by atoms with Crippen LogP contribution >= 0.6 is 0 Å². The Kier molecular flexibility index (Phi) is 5.98. The first kappa shape index (κ1) is 22.6. The highest BCUT2D eigenvalue weighted by Gasteiger charge is 2.43. The molecule has 35 heavy (non-hydrogen) atoms. The number of nitrogens with one attached hydrogen (secondary N) is 2. The fourth-order valence-electron chi connectivity index (χ4n) is 4.81. The number of nitrogens with zero attached hydrogens (tertiary/aromatic N) is 2. The zero-order chi connectivity index (χ0) is 24.5. The van der Waals surface area contributed by atoms with E-state index in [0.717, 1.165) is 22.3 Å². The Balaban J connectivity index is 1.17. The fraction of sp³-hybridized carbons (Fsp3) is 0.308. The number of aromatic nitrogens is 2. The van der Waals surface area contributed by atoms with Gasteiger partial charge in [0.25, 0.3) is 5.91 Å². The van der Waals surface area contributed by atoms with Gasteiger partial charge >= 0.3 is 12.1 Å². The van der Waals surface area contributed by atoms with Crippen LogP contribution in [0.1, 0.15) is 39.5 Å². The number of carboxylic acid groups (broad SMARTS) is 1. The number of ether oxygens (including phenoxy) is 1. The van der Waals surface area contributed by atoms with E-state index < -0.39 is 18.0 Å². The van der Waals surface area contributed by atoms with Crippen LogP contribution in [0.5, 0.6) is 0 Å². The van der Waals surface area contributed by atoms with Gasteiger partial charge in [-0.2, -0.15) is 5.10 Å². The van der Waals surface area contributed by atoms with Gasteiger partial charge in [-0.3, -0.25) is 14.3 Å². The quantitative estimate of drug-likeness (QED) is 0.461. The molecule has 2 aliphatic rings. The molecule has 3 aromatic rings. The van der Waals surface area contributed by atoms with Crippen LogP contribution in [0.25, 0.3) is 11.1 Å². The second kappa shape index (κ2) is 9.25. The number of aliphatic carboxylic acids is 1. The molecule has 1 heterocycles. The summed E-state index contributed by atoms with van der Waals surface area (Å²) in [5.74, 6) is -1.67. The topological polar surface area (TPSA) is 123 Å². The normalized spacial score (nSPS) is 17.9. The molecule has 2 unspecified atom stereocenters. The van der Waals surface area contributed by atoms with Crippen LogP contribution in [0.2, 0.25) is 0 Å². The van der Waals surface area contributed by atoms with Crippen LogP contribution in [0.15, 0.2) is 54.7 Å². The maximum atomic E-state index is 12.7. The summed E-state index contributed by atoms with van der Waals surface area (Å²) in [6.07, 6.45) is 1.51. The van der Waals surface area contributed by atoms with Gasteiger partial charge in [0.2, 0.25) is 0 Å². The molecule has 9 nitrogen and oxygen atoms in total. The van der Waals surface area contributed by atoms with Crippen molar-refractivity contribution in [1.29, 1.82) is 0 Å². The molecule has 0 radical (unpaired) electrons. The number of aryl methyl sites for hydroxylation is 1. The molecular formula is C26H26N4O5. The molecule has 0 aliphatic heterocycles. The molecule has 0 saturated heterocycles. The lowest BCUT2D eigenvalue weighted by molar-refractivity contribution is -0.138. The van der Waals surface area contributed by atoms with Crippen LogP contribution in [-0.4, -0.2) is 46.0 Å². The van der Waals surface area contributed by atoms with E-state index in [1.807, 2.05) is 24.3 Å². The smallest absolute Gasteiger partial charge is 0.407 e. The third kappa shape index (κ3) is 4.49. The number of fused-ring (bicyclic) bond motifs is 3. The number of carboxylic acids is 1. The number of carbonyl (C=O) groups excluding carboxylic acids is 2. The Labute approximate surface area is 202 Å². The predicted molar refractivity (Wildman–Crippen MR) is 127 cm³/mol. The van der Waals surface area contributed by atoms with Crippen molar-refractivity contribution in [2.24, 2.45) is 18.9 Å². The second-order valence-electron chi connectivity index (χ2n) is 8.97. The van der Waals surface area contributed by atoms with Gasteiger partial charge in [0.1, 0.15) is 12.3 Å². The Hall–Kier alpha value is -4.14. The van der Waals surface area contributed by atoms with E-state index in [4.69, 9.17) is 9.84 Å². The Bertz CT molecular complexity index is 1250. The molecule has 1 fully saturated rings. The van der Waals surface area contributed by atoms with Gasteiger partial charge in [0, 0.05) is 25.1 Å². The van der Waals surface area contributed by atoms with Crippen LogP contribution in [0.3, 0.4) is 0 Å². The molecular weight excluding hydrogens is 448 g/mol. The summed E-state index contributed by atoms with van der Waals surface area (Å²) in [6.45, 7) is 0.570. The van der Waals surface area contributed by atoms with Crippen molar-refractivity contribution in [3.63, 3.8) is 0 Å². The molecule has 5 rings (SSSR count). The van der Waals surface area contributed by atoms with Gasteiger partial charge in [0.05, 0.1) is 18.7 Å². The van der Waals surface area contributed by atoms with Crippen molar-refractivity contribution >= 4 is 18.0 Å². The van der Waals surface area contributed by atoms with Gasteiger partial charge in [-0.25, -0.2) is 4.79 Å². The summed E-state index contributed by atoms with van der Waals surface area (Å²) in [5.41, 5.74) is 5.44. The Morgan fingerprint density at radius 1 is 1.06 bits per heavy atom. The largest absolute Gasteiger partial charge is 0.481 e. The highest BCUT2D eigenvalue weighted by Crippen LogP contribution is 2.44. The monoisotopic (exact) mass is 474 g/mol. The standard InChI is InChI=1S/C26H26N4O5/c1-30-23(24(31)27-11-15-10-21(15)25(32)33)16(13-29-30)12-28-26(34)35-14-22-19-8-4-2-6-17(19)18-7-3-5-9-20(18)22/h2-9,13,15,21-22H,10-12,14H2,1H3,(H,27,31)(H,28,34)(H,32,33). The van der Waals surface area contributed by atoms with Crippen molar-refractivity contribution in [2.75, 3.05) is 13.2 Å². The molecule has 1 aromatic heterocycles. The molecule has 1 saturated carbocycles. The van der Waals surface area contributed by atoms with Crippen molar-refractivity contribution in [2.45, 2.75) is 18.9 Å². The summed E-state index contributed by atoms with van der Waals surface area (Å²) in [5, 5.41) is 18.6. The zero-order valence-corrected chi connectivity index (χ0v) is 19.2. The van der Waals surface area contributed by atoms with Crippen LogP contribution < -0.4 is 10.6 Å². The number of benzene rings is 2. The van der Waals surface area contributed by atoms with E-state index in [-0.39, 0.29) is 30.9 Å². The maximum absolute atomic E-state index is 12.7. The minimum absolute atomic E-state index is 0.0371. The summed E-state index contributed by atoms with van der Waals surface area (Å²) in [6, 6.07) is 16.2. The molecule has 2 aliphatic carbocycles. The first-order valence-electron chi connectivity index (χ1n) is 11.5. The van der Waals surface area contributed by atoms with E-state index in [1.165, 1.54) is 10.9 Å². The average Bonchev–Trinajstić information content (AvgIpc) is 3.46. The van der Waals surface area contributed by atoms with Crippen LogP contribution in [0.4, 0.5) is 4.79 Å². The Morgan fingerprint density at radius 2 is 1.71 bits per heavy atom. The molecule has 3 N–H and O–H groups in total. The summed E-state index contributed by atoms with van der Waals surface area (Å²) in [7, 11) is 1.64. The van der Waals surface area contributed by atoms with E-state index in [9.17, 15) is 14.4 Å². The summed E-state index contributed by atoms with van der Waals surface area (Å²) < 4.78 is 6.99. The van der Waals surface area contributed by atoms with Crippen molar-refractivity contribution in [1.82, 2.24) is 20.4 Å². The lowest BCUT2D eigenvalue weighted by Gasteiger charge is -2.14. The second-order valence-corrected chi connectivity index (χ2v) is 8.97. The van der Waals surface area contributed by atoms with Gasteiger partial charge in [-0.15, -0.1) is 0 Å².